The van der Waals surface area contributed by atoms with Crippen molar-refractivity contribution in [3.05, 3.63) is 89.0 Å². The van der Waals surface area contributed by atoms with E-state index in [1.165, 1.54) is 4.31 Å². The molecule has 5 nitrogen and oxygen atoms in total. The van der Waals surface area contributed by atoms with Crippen LogP contribution in [0.5, 0.6) is 0 Å². The van der Waals surface area contributed by atoms with Crippen molar-refractivity contribution < 1.29 is 13.2 Å². The number of carbonyl (C=O) groups is 1. The van der Waals surface area contributed by atoms with E-state index in [0.29, 0.717) is 11.4 Å². The predicted molar refractivity (Wildman–Crippen MR) is 121 cm³/mol. The number of amides is 1. The molecule has 3 aromatic carbocycles. The van der Waals surface area contributed by atoms with E-state index in [-0.39, 0.29) is 11.4 Å². The average Bonchev–Trinajstić information content (AvgIpc) is 2.70. The van der Waals surface area contributed by atoms with Gasteiger partial charge in [0.05, 0.1) is 10.6 Å². The van der Waals surface area contributed by atoms with Crippen LogP contribution in [0, 0.1) is 27.7 Å². The fourth-order valence-electron chi connectivity index (χ4n) is 3.30. The Balaban J connectivity index is 1.99. The van der Waals surface area contributed by atoms with Crippen LogP contribution in [0.3, 0.4) is 0 Å². The second-order valence-electron chi connectivity index (χ2n) is 7.43. The zero-order valence-corrected chi connectivity index (χ0v) is 18.5. The van der Waals surface area contributed by atoms with Crippen LogP contribution in [0.15, 0.2) is 71.6 Å². The maximum Gasteiger partial charge on any atom is 0.264 e. The zero-order chi connectivity index (χ0) is 21.9. The number of nitrogens with zero attached hydrogens (tertiary/aromatic N) is 1. The Bertz CT molecular complexity index is 1150. The van der Waals surface area contributed by atoms with Crippen LogP contribution < -0.4 is 9.62 Å². The molecule has 0 aromatic heterocycles. The van der Waals surface area contributed by atoms with E-state index in [1.807, 2.05) is 58.0 Å². The summed E-state index contributed by atoms with van der Waals surface area (Å²) in [6, 6.07) is 19.5. The van der Waals surface area contributed by atoms with E-state index >= 15 is 0 Å². The number of sulfonamides is 1. The Morgan fingerprint density at radius 3 is 1.97 bits per heavy atom. The minimum absolute atomic E-state index is 0.149. The molecular formula is C24H26N2O3S. The number of rotatable bonds is 6. The van der Waals surface area contributed by atoms with Gasteiger partial charge in [-0.2, -0.15) is 0 Å². The van der Waals surface area contributed by atoms with Gasteiger partial charge in [-0.25, -0.2) is 8.42 Å². The normalized spacial score (nSPS) is 11.2. The lowest BCUT2D eigenvalue weighted by Crippen LogP contribution is -2.38. The van der Waals surface area contributed by atoms with Gasteiger partial charge < -0.3 is 5.32 Å². The maximum absolute atomic E-state index is 13.5. The van der Waals surface area contributed by atoms with Gasteiger partial charge in [-0.1, -0.05) is 54.1 Å². The van der Waals surface area contributed by atoms with Crippen molar-refractivity contribution in [3.8, 4) is 0 Å². The van der Waals surface area contributed by atoms with Crippen molar-refractivity contribution in [3.63, 3.8) is 0 Å². The Kier molecular flexibility index (Phi) is 6.27. The van der Waals surface area contributed by atoms with Crippen LogP contribution in [0.1, 0.15) is 22.3 Å². The Labute approximate surface area is 178 Å². The van der Waals surface area contributed by atoms with Crippen molar-refractivity contribution in [2.75, 3.05) is 16.2 Å². The minimum Gasteiger partial charge on any atom is -0.324 e. The van der Waals surface area contributed by atoms with E-state index in [0.717, 1.165) is 22.3 Å². The monoisotopic (exact) mass is 422 g/mol. The molecule has 0 bridgehead atoms. The lowest BCUT2D eigenvalue weighted by molar-refractivity contribution is -0.114. The summed E-state index contributed by atoms with van der Waals surface area (Å²) in [5.41, 5.74) is 4.77. The summed E-state index contributed by atoms with van der Waals surface area (Å²) in [6.07, 6.45) is 0. The van der Waals surface area contributed by atoms with E-state index in [2.05, 4.69) is 5.32 Å². The Hall–Kier alpha value is -3.12. The van der Waals surface area contributed by atoms with Gasteiger partial charge in [-0.3, -0.25) is 9.10 Å². The van der Waals surface area contributed by atoms with Gasteiger partial charge in [0.25, 0.3) is 10.0 Å². The minimum atomic E-state index is -3.93. The number of para-hydroxylation sites is 2. The third-order valence-corrected chi connectivity index (χ3v) is 6.80. The van der Waals surface area contributed by atoms with Gasteiger partial charge in [0.2, 0.25) is 5.91 Å². The molecule has 0 radical (unpaired) electrons. The van der Waals surface area contributed by atoms with E-state index in [9.17, 15) is 13.2 Å². The first-order chi connectivity index (χ1) is 14.2. The molecule has 0 aliphatic carbocycles. The standard InChI is InChI=1S/C24H26N2O3S/c1-17-12-14-21(15-13-17)30(28,29)26(22-11-6-5-8-18(22)2)16-23(27)25-24-19(3)9-7-10-20(24)4/h5-15H,16H2,1-4H3,(H,25,27). The van der Waals surface area contributed by atoms with E-state index < -0.39 is 15.9 Å². The molecule has 6 heteroatoms. The number of anilines is 2. The molecule has 0 heterocycles. The first-order valence-electron chi connectivity index (χ1n) is 9.71. The lowest BCUT2D eigenvalue weighted by Gasteiger charge is -2.26. The molecule has 1 N–H and O–H groups in total. The Morgan fingerprint density at radius 2 is 1.37 bits per heavy atom. The van der Waals surface area contributed by atoms with Crippen molar-refractivity contribution in [1.82, 2.24) is 0 Å². The second-order valence-corrected chi connectivity index (χ2v) is 9.29. The molecule has 30 heavy (non-hydrogen) atoms. The van der Waals surface area contributed by atoms with Crippen LogP contribution in [0.25, 0.3) is 0 Å². The van der Waals surface area contributed by atoms with Crippen molar-refractivity contribution in [2.24, 2.45) is 0 Å². The van der Waals surface area contributed by atoms with E-state index in [4.69, 9.17) is 0 Å². The summed E-state index contributed by atoms with van der Waals surface area (Å²) >= 11 is 0. The third kappa shape index (κ3) is 4.54. The van der Waals surface area contributed by atoms with Crippen molar-refractivity contribution in [1.29, 1.82) is 0 Å². The first kappa shape index (κ1) is 21.6. The highest BCUT2D eigenvalue weighted by Gasteiger charge is 2.28. The molecule has 0 atom stereocenters. The largest absolute Gasteiger partial charge is 0.324 e. The maximum atomic E-state index is 13.5. The van der Waals surface area contributed by atoms with Crippen LogP contribution in [-0.4, -0.2) is 20.9 Å². The molecule has 0 fully saturated rings. The first-order valence-corrected chi connectivity index (χ1v) is 11.2. The lowest BCUT2D eigenvalue weighted by atomic mass is 10.1. The zero-order valence-electron chi connectivity index (χ0n) is 17.6. The van der Waals surface area contributed by atoms with Crippen LogP contribution in [0.2, 0.25) is 0 Å². The van der Waals surface area contributed by atoms with Gasteiger partial charge in [0, 0.05) is 5.69 Å². The summed E-state index contributed by atoms with van der Waals surface area (Å²) < 4.78 is 28.1. The molecule has 0 saturated carbocycles. The molecule has 0 unspecified atom stereocenters. The molecule has 0 spiro atoms. The number of hydrogen-bond acceptors (Lipinski definition) is 3. The number of carbonyl (C=O) groups excluding carboxylic acids is 1. The highest BCUT2D eigenvalue weighted by molar-refractivity contribution is 7.92. The molecular weight excluding hydrogens is 396 g/mol. The molecule has 0 aliphatic rings. The number of nitrogens with one attached hydrogen (secondary N) is 1. The molecule has 0 saturated heterocycles. The van der Waals surface area contributed by atoms with Gasteiger partial charge in [0.15, 0.2) is 0 Å². The van der Waals surface area contributed by atoms with Crippen LogP contribution >= 0.6 is 0 Å². The SMILES string of the molecule is Cc1ccc(S(=O)(=O)N(CC(=O)Nc2c(C)cccc2C)c2ccccc2C)cc1. The number of hydrogen-bond donors (Lipinski definition) is 1. The highest BCUT2D eigenvalue weighted by atomic mass is 32.2. The quantitative estimate of drug-likeness (QED) is 0.623. The summed E-state index contributed by atoms with van der Waals surface area (Å²) in [4.78, 5) is 13.1. The van der Waals surface area contributed by atoms with Gasteiger partial charge in [-0.15, -0.1) is 0 Å². The molecule has 3 aromatic rings. The van der Waals surface area contributed by atoms with E-state index in [1.54, 1.807) is 36.4 Å². The smallest absolute Gasteiger partial charge is 0.264 e. The summed E-state index contributed by atoms with van der Waals surface area (Å²) in [6.45, 7) is 7.22. The fourth-order valence-corrected chi connectivity index (χ4v) is 4.79. The topological polar surface area (TPSA) is 66.5 Å². The molecule has 3 rings (SSSR count). The fraction of sp³-hybridized carbons (Fsp3) is 0.208. The predicted octanol–water partition coefficient (Wildman–Crippen LogP) is 4.75. The van der Waals surface area contributed by atoms with Crippen LogP contribution in [-0.2, 0) is 14.8 Å². The number of benzene rings is 3. The summed E-state index contributed by atoms with van der Waals surface area (Å²) in [5.74, 6) is -0.397. The summed E-state index contributed by atoms with van der Waals surface area (Å²) in [7, 11) is -3.93. The van der Waals surface area contributed by atoms with Gasteiger partial charge >= 0.3 is 0 Å². The van der Waals surface area contributed by atoms with Crippen molar-refractivity contribution >= 4 is 27.3 Å². The molecule has 156 valence electrons. The summed E-state index contributed by atoms with van der Waals surface area (Å²) in [5, 5.41) is 2.89. The average molecular weight is 423 g/mol. The molecule has 0 aliphatic heterocycles. The second kappa shape index (κ2) is 8.71. The molecule has 1 amide bonds. The Morgan fingerprint density at radius 1 is 0.800 bits per heavy atom. The van der Waals surface area contributed by atoms with Crippen molar-refractivity contribution in [2.45, 2.75) is 32.6 Å². The number of aryl methyl sites for hydroxylation is 4. The van der Waals surface area contributed by atoms with Gasteiger partial charge in [0.1, 0.15) is 6.54 Å². The van der Waals surface area contributed by atoms with Gasteiger partial charge in [-0.05, 0) is 62.6 Å². The third-order valence-electron chi connectivity index (χ3n) is 5.03. The highest BCUT2D eigenvalue weighted by Crippen LogP contribution is 2.27. The van der Waals surface area contributed by atoms with Crippen LogP contribution in [0.4, 0.5) is 11.4 Å².